The van der Waals surface area contributed by atoms with E-state index in [0.29, 0.717) is 22.4 Å². The Morgan fingerprint density at radius 2 is 1.90 bits per heavy atom. The van der Waals surface area contributed by atoms with E-state index in [1.54, 1.807) is 13.8 Å². The first kappa shape index (κ1) is 14.9. The Kier molecular flexibility index (Phi) is 4.18. The van der Waals surface area contributed by atoms with Crippen molar-refractivity contribution in [1.29, 1.82) is 0 Å². The van der Waals surface area contributed by atoms with Crippen LogP contribution in [0.2, 0.25) is 0 Å². The van der Waals surface area contributed by atoms with Gasteiger partial charge in [-0.25, -0.2) is 4.39 Å². The number of benzene rings is 2. The van der Waals surface area contributed by atoms with E-state index >= 15 is 0 Å². The highest BCUT2D eigenvalue weighted by atomic mass is 19.1. The summed E-state index contributed by atoms with van der Waals surface area (Å²) in [6.07, 6.45) is 0. The molecule has 0 aromatic heterocycles. The molecule has 0 unspecified atom stereocenters. The van der Waals surface area contributed by atoms with E-state index in [1.807, 2.05) is 0 Å². The van der Waals surface area contributed by atoms with Crippen LogP contribution < -0.4 is 4.74 Å². The molecule has 0 radical (unpaired) electrons. The molecule has 0 amide bonds. The quantitative estimate of drug-likeness (QED) is 0.689. The van der Waals surface area contributed by atoms with Crippen molar-refractivity contribution < 1.29 is 19.2 Å². The first-order valence-corrected chi connectivity index (χ1v) is 6.24. The number of halogens is 1. The lowest BCUT2D eigenvalue weighted by Gasteiger charge is -2.11. The number of ether oxygens (including phenoxy) is 1. The first-order chi connectivity index (χ1) is 9.90. The van der Waals surface area contributed by atoms with Crippen molar-refractivity contribution in [3.05, 3.63) is 63.0 Å². The minimum absolute atomic E-state index is 0.00939. The SMILES string of the molecule is Cc1cc([N+](=O)[O-])c(C)cc1Oc1cc(F)cc(CO)c1. The normalized spacial score (nSPS) is 10.5. The predicted molar refractivity (Wildman–Crippen MR) is 75.0 cm³/mol. The second kappa shape index (κ2) is 5.88. The molecule has 6 heteroatoms. The van der Waals surface area contributed by atoms with Crippen LogP contribution in [-0.2, 0) is 6.61 Å². The van der Waals surface area contributed by atoms with E-state index < -0.39 is 10.7 Å². The second-order valence-corrected chi connectivity index (χ2v) is 4.72. The molecule has 21 heavy (non-hydrogen) atoms. The first-order valence-electron chi connectivity index (χ1n) is 6.24. The summed E-state index contributed by atoms with van der Waals surface area (Å²) in [7, 11) is 0. The molecule has 0 saturated carbocycles. The van der Waals surface area contributed by atoms with Gasteiger partial charge in [-0.1, -0.05) is 0 Å². The van der Waals surface area contributed by atoms with Crippen LogP contribution in [0.4, 0.5) is 10.1 Å². The van der Waals surface area contributed by atoms with Crippen molar-refractivity contribution in [2.45, 2.75) is 20.5 Å². The number of nitrogens with zero attached hydrogens (tertiary/aromatic N) is 1. The standard InChI is InChI=1S/C15H14FNO4/c1-9-4-15(10(2)3-14(9)17(19)20)21-13-6-11(8-18)5-12(16)7-13/h3-7,18H,8H2,1-2H3. The maximum Gasteiger partial charge on any atom is 0.272 e. The third-order valence-corrected chi connectivity index (χ3v) is 3.03. The number of nitro benzene ring substituents is 1. The highest BCUT2D eigenvalue weighted by molar-refractivity contribution is 5.50. The molecular formula is C15H14FNO4. The van der Waals surface area contributed by atoms with Crippen LogP contribution in [0.1, 0.15) is 16.7 Å². The summed E-state index contributed by atoms with van der Waals surface area (Å²) in [5.41, 5.74) is 1.43. The molecule has 0 bridgehead atoms. The van der Waals surface area contributed by atoms with Gasteiger partial charge in [-0.3, -0.25) is 10.1 Å². The van der Waals surface area contributed by atoms with E-state index in [-0.39, 0.29) is 18.0 Å². The average molecular weight is 291 g/mol. The van der Waals surface area contributed by atoms with Gasteiger partial charge in [0, 0.05) is 17.7 Å². The number of hydrogen-bond donors (Lipinski definition) is 1. The van der Waals surface area contributed by atoms with Crippen molar-refractivity contribution in [2.75, 3.05) is 0 Å². The number of rotatable bonds is 4. The van der Waals surface area contributed by atoms with Crippen LogP contribution in [0.5, 0.6) is 11.5 Å². The fraction of sp³-hybridized carbons (Fsp3) is 0.200. The van der Waals surface area contributed by atoms with Gasteiger partial charge in [-0.15, -0.1) is 0 Å². The fourth-order valence-electron chi connectivity index (χ4n) is 1.98. The Balaban J connectivity index is 2.38. The van der Waals surface area contributed by atoms with Gasteiger partial charge in [0.1, 0.15) is 17.3 Å². The van der Waals surface area contributed by atoms with Crippen molar-refractivity contribution >= 4 is 5.69 Å². The van der Waals surface area contributed by atoms with Crippen LogP contribution in [0.15, 0.2) is 30.3 Å². The van der Waals surface area contributed by atoms with Gasteiger partial charge >= 0.3 is 0 Å². The van der Waals surface area contributed by atoms with Gasteiger partial charge in [0.15, 0.2) is 0 Å². The van der Waals surface area contributed by atoms with E-state index in [2.05, 4.69) is 0 Å². The van der Waals surface area contributed by atoms with Crippen molar-refractivity contribution in [3.8, 4) is 11.5 Å². The highest BCUT2D eigenvalue weighted by Crippen LogP contribution is 2.31. The van der Waals surface area contributed by atoms with E-state index in [9.17, 15) is 14.5 Å². The average Bonchev–Trinajstić information content (AvgIpc) is 2.41. The monoisotopic (exact) mass is 291 g/mol. The molecule has 5 nitrogen and oxygen atoms in total. The lowest BCUT2D eigenvalue weighted by atomic mass is 10.1. The topological polar surface area (TPSA) is 72.6 Å². The van der Waals surface area contributed by atoms with E-state index in [4.69, 9.17) is 9.84 Å². The summed E-state index contributed by atoms with van der Waals surface area (Å²) in [6, 6.07) is 6.86. The number of nitro groups is 1. The lowest BCUT2D eigenvalue weighted by Crippen LogP contribution is -1.96. The van der Waals surface area contributed by atoms with Gasteiger partial charge < -0.3 is 9.84 Å². The molecule has 0 atom stereocenters. The summed E-state index contributed by atoms with van der Waals surface area (Å²) < 4.78 is 19.0. The zero-order valence-electron chi connectivity index (χ0n) is 11.6. The van der Waals surface area contributed by atoms with Crippen LogP contribution in [0.25, 0.3) is 0 Å². The van der Waals surface area contributed by atoms with E-state index in [1.165, 1.54) is 30.3 Å². The highest BCUT2D eigenvalue weighted by Gasteiger charge is 2.14. The second-order valence-electron chi connectivity index (χ2n) is 4.72. The maximum atomic E-state index is 13.4. The Hall–Kier alpha value is -2.47. The fourth-order valence-corrected chi connectivity index (χ4v) is 1.98. The lowest BCUT2D eigenvalue weighted by molar-refractivity contribution is -0.385. The van der Waals surface area contributed by atoms with Crippen LogP contribution in [0.3, 0.4) is 0 Å². The Morgan fingerprint density at radius 3 is 2.52 bits per heavy atom. The molecule has 2 rings (SSSR count). The number of aryl methyl sites for hydroxylation is 2. The van der Waals surface area contributed by atoms with Crippen LogP contribution in [-0.4, -0.2) is 10.0 Å². The molecule has 0 saturated heterocycles. The summed E-state index contributed by atoms with van der Waals surface area (Å²) in [6.45, 7) is 2.98. The van der Waals surface area contributed by atoms with Gasteiger partial charge in [0.2, 0.25) is 0 Å². The van der Waals surface area contributed by atoms with Crippen molar-refractivity contribution in [2.24, 2.45) is 0 Å². The molecule has 0 fully saturated rings. The summed E-state index contributed by atoms with van der Waals surface area (Å²) in [4.78, 5) is 10.4. The number of aliphatic hydroxyl groups is 1. The van der Waals surface area contributed by atoms with Crippen LogP contribution in [0, 0.1) is 29.8 Å². The van der Waals surface area contributed by atoms with Crippen molar-refractivity contribution in [3.63, 3.8) is 0 Å². The van der Waals surface area contributed by atoms with Gasteiger partial charge in [0.05, 0.1) is 11.5 Å². The predicted octanol–water partition coefficient (Wildman–Crippen LogP) is 3.64. The molecule has 0 spiro atoms. The summed E-state index contributed by atoms with van der Waals surface area (Å²) in [5.74, 6) is 0.121. The smallest absolute Gasteiger partial charge is 0.272 e. The van der Waals surface area contributed by atoms with Gasteiger partial charge in [-0.05, 0) is 43.2 Å². The van der Waals surface area contributed by atoms with Crippen molar-refractivity contribution in [1.82, 2.24) is 0 Å². The summed E-state index contributed by atoms with van der Waals surface area (Å²) >= 11 is 0. The minimum Gasteiger partial charge on any atom is -0.457 e. The number of aliphatic hydroxyl groups excluding tert-OH is 1. The molecular weight excluding hydrogens is 277 g/mol. The zero-order chi connectivity index (χ0) is 15.6. The molecule has 2 aromatic carbocycles. The molecule has 0 aliphatic rings. The Morgan fingerprint density at radius 1 is 1.19 bits per heavy atom. The maximum absolute atomic E-state index is 13.4. The molecule has 0 aliphatic carbocycles. The molecule has 0 aliphatic heterocycles. The third-order valence-electron chi connectivity index (χ3n) is 3.03. The third kappa shape index (κ3) is 3.35. The molecule has 0 heterocycles. The summed E-state index contributed by atoms with van der Waals surface area (Å²) in [5, 5.41) is 19.9. The number of hydrogen-bond acceptors (Lipinski definition) is 4. The van der Waals surface area contributed by atoms with Crippen LogP contribution >= 0.6 is 0 Å². The largest absolute Gasteiger partial charge is 0.457 e. The molecule has 1 N–H and O–H groups in total. The van der Waals surface area contributed by atoms with E-state index in [0.717, 1.165) is 0 Å². The van der Waals surface area contributed by atoms with Gasteiger partial charge in [-0.2, -0.15) is 0 Å². The minimum atomic E-state index is -0.521. The molecule has 2 aromatic rings. The Labute approximate surface area is 120 Å². The molecule has 110 valence electrons. The Bertz CT molecular complexity index is 700. The van der Waals surface area contributed by atoms with Gasteiger partial charge in [0.25, 0.3) is 5.69 Å². The zero-order valence-corrected chi connectivity index (χ0v) is 11.6.